The summed E-state index contributed by atoms with van der Waals surface area (Å²) < 4.78 is 49.5. The van der Waals surface area contributed by atoms with Crippen molar-refractivity contribution in [2.24, 2.45) is 0 Å². The van der Waals surface area contributed by atoms with E-state index in [2.05, 4.69) is 0 Å². The van der Waals surface area contributed by atoms with Crippen LogP contribution in [0.5, 0.6) is 0 Å². The molecule has 0 radical (unpaired) electrons. The molecule has 1 rings (SSSR count). The van der Waals surface area contributed by atoms with Gasteiger partial charge in [-0.25, -0.2) is 12.8 Å². The Labute approximate surface area is 124 Å². The molecular formula is C13H20FNO5S. The van der Waals surface area contributed by atoms with E-state index in [0.717, 1.165) is 16.4 Å². The lowest BCUT2D eigenvalue weighted by Crippen LogP contribution is -2.37. The monoisotopic (exact) mass is 321 g/mol. The van der Waals surface area contributed by atoms with Crippen LogP contribution < -0.4 is 0 Å². The highest BCUT2D eigenvalue weighted by atomic mass is 32.2. The molecule has 0 amide bonds. The second kappa shape index (κ2) is 8.40. The van der Waals surface area contributed by atoms with Crippen molar-refractivity contribution >= 4 is 10.0 Å². The standard InChI is InChI=1S/C13H20FNO5S/c1-19-7-5-15(6-8-20-2)21(17,18)13-9-12(14)4-3-11(13)10-16/h3-4,9,16H,5-8,10H2,1-2H3. The molecule has 1 aromatic rings. The molecule has 0 aromatic heterocycles. The molecule has 0 saturated carbocycles. The Morgan fingerprint density at radius 2 is 1.76 bits per heavy atom. The fourth-order valence-electron chi connectivity index (χ4n) is 1.78. The van der Waals surface area contributed by atoms with E-state index in [0.29, 0.717) is 0 Å². The predicted octanol–water partition coefficient (Wildman–Crippen LogP) is 0.601. The quantitative estimate of drug-likeness (QED) is 0.721. The maximum atomic E-state index is 13.4. The highest BCUT2D eigenvalue weighted by Gasteiger charge is 2.27. The van der Waals surface area contributed by atoms with Crippen LogP contribution in [0.3, 0.4) is 0 Å². The van der Waals surface area contributed by atoms with Gasteiger partial charge in [0.2, 0.25) is 10.0 Å². The normalized spacial score (nSPS) is 12.0. The molecule has 0 aliphatic heterocycles. The van der Waals surface area contributed by atoms with Crippen LogP contribution in [0.2, 0.25) is 0 Å². The van der Waals surface area contributed by atoms with Crippen molar-refractivity contribution in [3.8, 4) is 0 Å². The number of sulfonamides is 1. The Morgan fingerprint density at radius 3 is 2.24 bits per heavy atom. The summed E-state index contributed by atoms with van der Waals surface area (Å²) in [7, 11) is -1.02. The first-order valence-corrected chi connectivity index (χ1v) is 7.78. The third-order valence-electron chi connectivity index (χ3n) is 2.91. The van der Waals surface area contributed by atoms with Crippen LogP contribution in [0, 0.1) is 5.82 Å². The molecule has 6 nitrogen and oxygen atoms in total. The second-order valence-electron chi connectivity index (χ2n) is 4.30. The Balaban J connectivity index is 3.17. The minimum absolute atomic E-state index is 0.115. The summed E-state index contributed by atoms with van der Waals surface area (Å²) >= 11 is 0. The minimum atomic E-state index is -3.94. The van der Waals surface area contributed by atoms with Crippen molar-refractivity contribution in [1.82, 2.24) is 4.31 Å². The van der Waals surface area contributed by atoms with Crippen molar-refractivity contribution < 1.29 is 27.4 Å². The highest BCUT2D eigenvalue weighted by Crippen LogP contribution is 2.21. The molecular weight excluding hydrogens is 301 g/mol. The van der Waals surface area contributed by atoms with Gasteiger partial charge < -0.3 is 14.6 Å². The topological polar surface area (TPSA) is 76.1 Å². The SMILES string of the molecule is COCCN(CCOC)S(=O)(=O)c1cc(F)ccc1CO. The number of benzene rings is 1. The number of hydrogen-bond acceptors (Lipinski definition) is 5. The lowest BCUT2D eigenvalue weighted by atomic mass is 10.2. The summed E-state index contributed by atoms with van der Waals surface area (Å²) in [6, 6.07) is 3.28. The first-order chi connectivity index (χ1) is 9.97. The highest BCUT2D eigenvalue weighted by molar-refractivity contribution is 7.89. The van der Waals surface area contributed by atoms with E-state index in [4.69, 9.17) is 9.47 Å². The number of hydrogen-bond donors (Lipinski definition) is 1. The van der Waals surface area contributed by atoms with Crippen molar-refractivity contribution in [2.75, 3.05) is 40.5 Å². The molecule has 1 N–H and O–H groups in total. The second-order valence-corrected chi connectivity index (χ2v) is 6.21. The number of ether oxygens (including phenoxy) is 2. The summed E-state index contributed by atoms with van der Waals surface area (Å²) in [5, 5.41) is 9.25. The molecule has 1 aromatic carbocycles. The van der Waals surface area contributed by atoms with Crippen LogP contribution in [0.4, 0.5) is 4.39 Å². The van der Waals surface area contributed by atoms with Gasteiger partial charge in [-0.15, -0.1) is 0 Å². The van der Waals surface area contributed by atoms with Crippen molar-refractivity contribution in [3.63, 3.8) is 0 Å². The van der Waals surface area contributed by atoms with Crippen molar-refractivity contribution in [3.05, 3.63) is 29.6 Å². The lowest BCUT2D eigenvalue weighted by molar-refractivity contribution is 0.150. The summed E-state index contributed by atoms with van der Waals surface area (Å²) in [4.78, 5) is -0.239. The predicted molar refractivity (Wildman–Crippen MR) is 74.8 cm³/mol. The van der Waals surface area contributed by atoms with Crippen molar-refractivity contribution in [2.45, 2.75) is 11.5 Å². The summed E-state index contributed by atoms with van der Waals surface area (Å²) in [5.74, 6) is -0.677. The van der Waals surface area contributed by atoms with Crippen LogP contribution in [-0.4, -0.2) is 58.4 Å². The zero-order chi connectivity index (χ0) is 15.9. The van der Waals surface area contributed by atoms with E-state index in [1.807, 2.05) is 0 Å². The van der Waals surface area contributed by atoms with Gasteiger partial charge in [0.05, 0.1) is 24.7 Å². The van der Waals surface area contributed by atoms with E-state index in [1.54, 1.807) is 0 Å². The van der Waals surface area contributed by atoms with Gasteiger partial charge in [-0.1, -0.05) is 6.07 Å². The number of nitrogens with zero attached hydrogens (tertiary/aromatic N) is 1. The van der Waals surface area contributed by atoms with Gasteiger partial charge in [0, 0.05) is 27.3 Å². The summed E-state index contributed by atoms with van der Waals surface area (Å²) in [5.41, 5.74) is 0.149. The molecule has 0 aliphatic carbocycles. The molecule has 120 valence electrons. The smallest absolute Gasteiger partial charge is 0.243 e. The molecule has 0 heterocycles. The van der Waals surface area contributed by atoms with Crippen molar-refractivity contribution in [1.29, 1.82) is 0 Å². The number of rotatable bonds is 9. The van der Waals surface area contributed by atoms with E-state index < -0.39 is 22.4 Å². The first kappa shape index (κ1) is 18.0. The van der Waals surface area contributed by atoms with Gasteiger partial charge in [-0.05, 0) is 17.7 Å². The largest absolute Gasteiger partial charge is 0.392 e. The number of aliphatic hydroxyl groups is 1. The van der Waals surface area contributed by atoms with Gasteiger partial charge >= 0.3 is 0 Å². The molecule has 0 bridgehead atoms. The molecule has 0 aliphatic rings. The minimum Gasteiger partial charge on any atom is -0.392 e. The first-order valence-electron chi connectivity index (χ1n) is 6.34. The molecule has 0 unspecified atom stereocenters. The number of methoxy groups -OCH3 is 2. The van der Waals surface area contributed by atoms with Gasteiger partial charge in [-0.2, -0.15) is 4.31 Å². The average Bonchev–Trinajstić information content (AvgIpc) is 2.47. The van der Waals surface area contributed by atoms with Gasteiger partial charge in [0.1, 0.15) is 5.82 Å². The van der Waals surface area contributed by atoms with E-state index in [9.17, 15) is 17.9 Å². The van der Waals surface area contributed by atoms with E-state index in [1.165, 1.54) is 20.3 Å². The van der Waals surface area contributed by atoms with Crippen LogP contribution >= 0.6 is 0 Å². The van der Waals surface area contributed by atoms with E-state index >= 15 is 0 Å². The van der Waals surface area contributed by atoms with Crippen LogP contribution in [0.15, 0.2) is 23.1 Å². The Bertz CT molecular complexity index is 541. The Morgan fingerprint density at radius 1 is 1.19 bits per heavy atom. The van der Waals surface area contributed by atoms with E-state index in [-0.39, 0.29) is 36.8 Å². The van der Waals surface area contributed by atoms with Crippen LogP contribution in [-0.2, 0) is 26.1 Å². The fourth-order valence-corrected chi connectivity index (χ4v) is 3.41. The third kappa shape index (κ3) is 4.72. The number of aliphatic hydroxyl groups excluding tert-OH is 1. The molecule has 0 atom stereocenters. The zero-order valence-corrected chi connectivity index (χ0v) is 12.9. The summed E-state index contributed by atoms with van der Waals surface area (Å²) in [6.45, 7) is 0.143. The van der Waals surface area contributed by atoms with Gasteiger partial charge in [0.15, 0.2) is 0 Å². The molecule has 21 heavy (non-hydrogen) atoms. The maximum Gasteiger partial charge on any atom is 0.243 e. The van der Waals surface area contributed by atoms with Gasteiger partial charge in [-0.3, -0.25) is 0 Å². The third-order valence-corrected chi connectivity index (χ3v) is 4.89. The molecule has 0 saturated heterocycles. The van der Waals surface area contributed by atoms with Crippen LogP contribution in [0.25, 0.3) is 0 Å². The Kier molecular flexibility index (Phi) is 7.20. The molecule has 8 heteroatoms. The zero-order valence-electron chi connectivity index (χ0n) is 12.1. The average molecular weight is 321 g/mol. The maximum absolute atomic E-state index is 13.4. The lowest BCUT2D eigenvalue weighted by Gasteiger charge is -2.22. The Hall–Kier alpha value is -1.06. The molecule has 0 spiro atoms. The summed E-state index contributed by atoms with van der Waals surface area (Å²) in [6.07, 6.45) is 0. The fraction of sp³-hybridized carbons (Fsp3) is 0.538. The molecule has 0 fully saturated rings. The van der Waals surface area contributed by atoms with Crippen LogP contribution in [0.1, 0.15) is 5.56 Å². The number of halogens is 1. The van der Waals surface area contributed by atoms with Gasteiger partial charge in [0.25, 0.3) is 0 Å².